The summed E-state index contributed by atoms with van der Waals surface area (Å²) >= 11 is 0. The summed E-state index contributed by atoms with van der Waals surface area (Å²) in [5, 5.41) is 3.71. The molecule has 0 aromatic heterocycles. The minimum absolute atomic E-state index is 0. The molecule has 2 fully saturated rings. The summed E-state index contributed by atoms with van der Waals surface area (Å²) in [6.07, 6.45) is 6.93. The lowest BCUT2D eigenvalue weighted by Crippen LogP contribution is -2.51. The van der Waals surface area contributed by atoms with E-state index in [1.165, 1.54) is 36.8 Å². The highest BCUT2D eigenvalue weighted by atomic mass is 35.5. The monoisotopic (exact) mass is 334 g/mol. The number of fused-ring (bicyclic) bond motifs is 1. The van der Waals surface area contributed by atoms with E-state index in [1.54, 1.807) is 0 Å². The SMILES string of the molecule is Cl.O=C(C1CCCNC1C1CCc2ccccc21)N1CCCC1. The predicted octanol–water partition coefficient (Wildman–Crippen LogP) is 3.13. The number of halogens is 1. The third-order valence-electron chi connectivity index (χ3n) is 5.85. The summed E-state index contributed by atoms with van der Waals surface area (Å²) in [4.78, 5) is 15.1. The first-order valence-corrected chi connectivity index (χ1v) is 8.94. The lowest BCUT2D eigenvalue weighted by molar-refractivity contribution is -0.136. The Bertz CT molecular complexity index is 556. The minimum atomic E-state index is 0. The Morgan fingerprint density at radius 3 is 2.70 bits per heavy atom. The maximum absolute atomic E-state index is 13.0. The highest BCUT2D eigenvalue weighted by Crippen LogP contribution is 2.40. The lowest BCUT2D eigenvalue weighted by atomic mass is 9.79. The maximum Gasteiger partial charge on any atom is 0.227 e. The van der Waals surface area contributed by atoms with Gasteiger partial charge in [0.15, 0.2) is 0 Å². The smallest absolute Gasteiger partial charge is 0.227 e. The van der Waals surface area contributed by atoms with E-state index in [0.717, 1.165) is 32.5 Å². The fraction of sp³-hybridized carbons (Fsp3) is 0.632. The second kappa shape index (κ2) is 7.23. The van der Waals surface area contributed by atoms with Gasteiger partial charge in [-0.1, -0.05) is 24.3 Å². The minimum Gasteiger partial charge on any atom is -0.342 e. The molecule has 3 unspecified atom stereocenters. The molecule has 3 aliphatic rings. The van der Waals surface area contributed by atoms with Gasteiger partial charge in [0, 0.05) is 25.0 Å². The van der Waals surface area contributed by atoms with E-state index in [0.29, 0.717) is 17.9 Å². The van der Waals surface area contributed by atoms with Crippen molar-refractivity contribution in [2.45, 2.75) is 50.5 Å². The van der Waals surface area contributed by atoms with Crippen molar-refractivity contribution >= 4 is 18.3 Å². The van der Waals surface area contributed by atoms with Crippen LogP contribution in [0.3, 0.4) is 0 Å². The number of nitrogens with zero attached hydrogens (tertiary/aromatic N) is 1. The molecule has 126 valence electrons. The van der Waals surface area contributed by atoms with Crippen molar-refractivity contribution in [3.05, 3.63) is 35.4 Å². The van der Waals surface area contributed by atoms with E-state index >= 15 is 0 Å². The first-order valence-electron chi connectivity index (χ1n) is 8.94. The van der Waals surface area contributed by atoms with Gasteiger partial charge in [-0.25, -0.2) is 0 Å². The van der Waals surface area contributed by atoms with Crippen LogP contribution in [0.1, 0.15) is 49.1 Å². The quantitative estimate of drug-likeness (QED) is 0.901. The van der Waals surface area contributed by atoms with Crippen molar-refractivity contribution in [1.82, 2.24) is 10.2 Å². The Labute approximate surface area is 145 Å². The van der Waals surface area contributed by atoms with Crippen molar-refractivity contribution in [1.29, 1.82) is 0 Å². The van der Waals surface area contributed by atoms with Gasteiger partial charge in [0.25, 0.3) is 0 Å². The molecule has 2 aliphatic heterocycles. The number of rotatable bonds is 2. The standard InChI is InChI=1S/C19H26N2O.ClH/c22-19(21-12-3-4-13-21)17-8-5-11-20-18(17)16-10-9-14-6-1-2-7-15(14)16;/h1-2,6-7,16-18,20H,3-5,8-13H2;1H. The van der Waals surface area contributed by atoms with E-state index in [4.69, 9.17) is 0 Å². The Balaban J connectivity index is 0.00000156. The van der Waals surface area contributed by atoms with Crippen molar-refractivity contribution in [3.63, 3.8) is 0 Å². The maximum atomic E-state index is 13.0. The Kier molecular flexibility index (Phi) is 5.27. The number of likely N-dealkylation sites (tertiary alicyclic amines) is 1. The van der Waals surface area contributed by atoms with Crippen LogP contribution in [0.15, 0.2) is 24.3 Å². The Morgan fingerprint density at radius 2 is 1.87 bits per heavy atom. The summed E-state index contributed by atoms with van der Waals surface area (Å²) in [7, 11) is 0. The lowest BCUT2D eigenvalue weighted by Gasteiger charge is -2.38. The van der Waals surface area contributed by atoms with Gasteiger partial charge < -0.3 is 10.2 Å². The van der Waals surface area contributed by atoms with Crippen LogP contribution in [0, 0.1) is 5.92 Å². The first kappa shape index (κ1) is 16.8. The van der Waals surface area contributed by atoms with E-state index in [9.17, 15) is 4.79 Å². The molecule has 4 heteroatoms. The molecule has 1 aromatic carbocycles. The second-order valence-electron chi connectivity index (χ2n) is 7.11. The molecule has 0 radical (unpaired) electrons. The zero-order chi connectivity index (χ0) is 14.9. The molecule has 4 rings (SSSR count). The summed E-state index contributed by atoms with van der Waals surface area (Å²) in [5.74, 6) is 1.12. The van der Waals surface area contributed by atoms with Gasteiger partial charge in [0.05, 0.1) is 5.92 Å². The first-order chi connectivity index (χ1) is 10.8. The number of nitrogens with one attached hydrogen (secondary N) is 1. The average Bonchev–Trinajstić information content (AvgIpc) is 3.24. The number of hydrogen-bond donors (Lipinski definition) is 1. The van der Waals surface area contributed by atoms with Crippen LogP contribution in [0.5, 0.6) is 0 Å². The summed E-state index contributed by atoms with van der Waals surface area (Å²) in [6, 6.07) is 9.17. The number of hydrogen-bond acceptors (Lipinski definition) is 2. The van der Waals surface area contributed by atoms with Crippen molar-refractivity contribution in [3.8, 4) is 0 Å². The molecule has 1 N–H and O–H groups in total. The molecule has 2 heterocycles. The van der Waals surface area contributed by atoms with Crippen LogP contribution < -0.4 is 5.32 Å². The van der Waals surface area contributed by atoms with Crippen LogP contribution in [0.25, 0.3) is 0 Å². The topological polar surface area (TPSA) is 32.3 Å². The number of amides is 1. The van der Waals surface area contributed by atoms with Gasteiger partial charge in [-0.05, 0) is 56.2 Å². The summed E-state index contributed by atoms with van der Waals surface area (Å²) < 4.78 is 0. The van der Waals surface area contributed by atoms with Crippen LogP contribution in [-0.2, 0) is 11.2 Å². The van der Waals surface area contributed by atoms with Crippen molar-refractivity contribution < 1.29 is 4.79 Å². The van der Waals surface area contributed by atoms with Gasteiger partial charge in [-0.2, -0.15) is 0 Å². The molecular formula is C19H27ClN2O. The number of carbonyl (C=O) groups excluding carboxylic acids is 1. The van der Waals surface area contributed by atoms with Crippen LogP contribution >= 0.6 is 12.4 Å². The van der Waals surface area contributed by atoms with E-state index in [1.807, 2.05) is 0 Å². The molecule has 1 amide bonds. The Hall–Kier alpha value is -1.06. The molecule has 3 atom stereocenters. The fourth-order valence-electron chi connectivity index (χ4n) is 4.75. The van der Waals surface area contributed by atoms with E-state index in [-0.39, 0.29) is 18.3 Å². The molecule has 2 saturated heterocycles. The average molecular weight is 335 g/mol. The zero-order valence-corrected chi connectivity index (χ0v) is 14.5. The molecule has 3 nitrogen and oxygen atoms in total. The highest BCUT2D eigenvalue weighted by molar-refractivity contribution is 5.85. The third kappa shape index (κ3) is 3.14. The predicted molar refractivity (Wildman–Crippen MR) is 95.1 cm³/mol. The molecule has 0 bridgehead atoms. The van der Waals surface area contributed by atoms with Gasteiger partial charge in [-0.15, -0.1) is 12.4 Å². The van der Waals surface area contributed by atoms with Crippen molar-refractivity contribution in [2.75, 3.05) is 19.6 Å². The second-order valence-corrected chi connectivity index (χ2v) is 7.11. The molecule has 23 heavy (non-hydrogen) atoms. The molecule has 0 saturated carbocycles. The van der Waals surface area contributed by atoms with Crippen molar-refractivity contribution in [2.24, 2.45) is 5.92 Å². The zero-order valence-electron chi connectivity index (χ0n) is 13.7. The summed E-state index contributed by atoms with van der Waals surface area (Å²) in [6.45, 7) is 3.01. The van der Waals surface area contributed by atoms with Gasteiger partial charge in [-0.3, -0.25) is 4.79 Å². The largest absolute Gasteiger partial charge is 0.342 e. The Morgan fingerprint density at radius 1 is 1.09 bits per heavy atom. The third-order valence-corrected chi connectivity index (χ3v) is 5.85. The molecular weight excluding hydrogens is 308 g/mol. The van der Waals surface area contributed by atoms with Crippen LogP contribution in [0.2, 0.25) is 0 Å². The number of carbonyl (C=O) groups is 1. The van der Waals surface area contributed by atoms with Gasteiger partial charge >= 0.3 is 0 Å². The normalized spacial score (nSPS) is 29.9. The molecule has 0 spiro atoms. The number of piperidine rings is 1. The van der Waals surface area contributed by atoms with E-state index in [2.05, 4.69) is 34.5 Å². The molecule has 1 aliphatic carbocycles. The van der Waals surface area contributed by atoms with Crippen LogP contribution in [-0.4, -0.2) is 36.5 Å². The number of aryl methyl sites for hydroxylation is 1. The fourth-order valence-corrected chi connectivity index (χ4v) is 4.75. The van der Waals surface area contributed by atoms with Gasteiger partial charge in [0.1, 0.15) is 0 Å². The molecule has 1 aromatic rings. The van der Waals surface area contributed by atoms with Gasteiger partial charge in [0.2, 0.25) is 5.91 Å². The van der Waals surface area contributed by atoms with E-state index < -0.39 is 0 Å². The highest BCUT2D eigenvalue weighted by Gasteiger charge is 2.40. The summed E-state index contributed by atoms with van der Waals surface area (Å²) in [5.41, 5.74) is 2.98. The number of benzene rings is 1. The van der Waals surface area contributed by atoms with Crippen LogP contribution in [0.4, 0.5) is 0 Å².